The van der Waals surface area contributed by atoms with Crippen molar-refractivity contribution >= 4 is 5.91 Å². The zero-order valence-corrected chi connectivity index (χ0v) is 9.71. The summed E-state index contributed by atoms with van der Waals surface area (Å²) in [5.74, 6) is 0.565. The lowest BCUT2D eigenvalue weighted by atomic mass is 10.2. The monoisotopic (exact) mass is 231 g/mol. The quantitative estimate of drug-likeness (QED) is 0.847. The van der Waals surface area contributed by atoms with Crippen LogP contribution in [0.5, 0.6) is 0 Å². The summed E-state index contributed by atoms with van der Waals surface area (Å²) in [7, 11) is 1.71. The number of aryl methyl sites for hydroxylation is 1. The number of carbonyl (C=O) groups excluding carboxylic acids is 1. The molecule has 0 aliphatic heterocycles. The second kappa shape index (κ2) is 4.73. The molecule has 0 aliphatic carbocycles. The number of aromatic nitrogens is 4. The van der Waals surface area contributed by atoms with E-state index in [-0.39, 0.29) is 5.91 Å². The van der Waals surface area contributed by atoms with Crippen LogP contribution in [0.3, 0.4) is 0 Å². The van der Waals surface area contributed by atoms with Crippen molar-refractivity contribution in [3.8, 4) is 0 Å². The molecule has 2 aromatic rings. The molecule has 0 aliphatic rings. The average Bonchev–Trinajstić information content (AvgIpc) is 2.82. The highest BCUT2D eigenvalue weighted by Gasteiger charge is 2.13. The summed E-state index contributed by atoms with van der Waals surface area (Å²) >= 11 is 0. The first kappa shape index (κ1) is 11.3. The van der Waals surface area contributed by atoms with E-state index in [9.17, 15) is 4.79 Å². The number of nitrogens with zero attached hydrogens (tertiary/aromatic N) is 4. The molecular formula is C11H13N5O. The van der Waals surface area contributed by atoms with Gasteiger partial charge in [0.2, 0.25) is 0 Å². The minimum Gasteiger partial charge on any atom is -0.334 e. The van der Waals surface area contributed by atoms with Crippen LogP contribution in [0.15, 0.2) is 24.7 Å². The summed E-state index contributed by atoms with van der Waals surface area (Å²) in [6.45, 7) is 2.28. The van der Waals surface area contributed by atoms with Crippen LogP contribution >= 0.6 is 0 Å². The zero-order valence-electron chi connectivity index (χ0n) is 9.71. The summed E-state index contributed by atoms with van der Waals surface area (Å²) in [6.07, 6.45) is 3.00. The van der Waals surface area contributed by atoms with Crippen LogP contribution in [0.1, 0.15) is 21.9 Å². The molecule has 1 N–H and O–H groups in total. The number of hydrogen-bond donors (Lipinski definition) is 1. The van der Waals surface area contributed by atoms with Crippen molar-refractivity contribution in [3.63, 3.8) is 0 Å². The summed E-state index contributed by atoms with van der Waals surface area (Å²) in [5.41, 5.74) is 1.46. The Morgan fingerprint density at radius 2 is 2.24 bits per heavy atom. The Hall–Kier alpha value is -2.24. The lowest BCUT2D eigenvalue weighted by Crippen LogP contribution is -2.26. The van der Waals surface area contributed by atoms with Crippen LogP contribution in [0.4, 0.5) is 0 Å². The number of carbonyl (C=O) groups is 1. The molecule has 1 amide bonds. The second-order valence-electron chi connectivity index (χ2n) is 3.78. The number of rotatable bonds is 3. The highest BCUT2D eigenvalue weighted by molar-refractivity contribution is 5.93. The lowest BCUT2D eigenvalue weighted by Gasteiger charge is -2.15. The molecule has 0 saturated carbocycles. The van der Waals surface area contributed by atoms with Crippen molar-refractivity contribution in [2.24, 2.45) is 0 Å². The fraction of sp³-hybridized carbons (Fsp3) is 0.273. The van der Waals surface area contributed by atoms with Gasteiger partial charge in [-0.05, 0) is 19.1 Å². The molecule has 0 unspecified atom stereocenters. The van der Waals surface area contributed by atoms with Gasteiger partial charge in [-0.25, -0.2) is 4.98 Å². The van der Waals surface area contributed by atoms with Gasteiger partial charge in [-0.2, -0.15) is 5.10 Å². The first-order valence-electron chi connectivity index (χ1n) is 5.19. The van der Waals surface area contributed by atoms with E-state index < -0.39 is 0 Å². The Balaban J connectivity index is 2.07. The maximum absolute atomic E-state index is 12.0. The number of H-pyrrole nitrogens is 1. The van der Waals surface area contributed by atoms with E-state index in [4.69, 9.17) is 0 Å². The smallest absolute Gasteiger partial charge is 0.255 e. The van der Waals surface area contributed by atoms with E-state index >= 15 is 0 Å². The molecule has 6 nitrogen and oxygen atoms in total. The van der Waals surface area contributed by atoms with Crippen molar-refractivity contribution in [1.82, 2.24) is 25.1 Å². The first-order valence-corrected chi connectivity index (χ1v) is 5.19. The number of pyridine rings is 1. The van der Waals surface area contributed by atoms with Crippen LogP contribution in [0, 0.1) is 6.92 Å². The molecule has 88 valence electrons. The van der Waals surface area contributed by atoms with Gasteiger partial charge in [-0.1, -0.05) is 0 Å². The Morgan fingerprint density at radius 1 is 1.41 bits per heavy atom. The summed E-state index contributed by atoms with van der Waals surface area (Å²) in [4.78, 5) is 21.6. The van der Waals surface area contributed by atoms with E-state index in [1.807, 2.05) is 13.0 Å². The Kier molecular flexibility index (Phi) is 3.13. The fourth-order valence-electron chi connectivity index (χ4n) is 1.42. The largest absolute Gasteiger partial charge is 0.334 e. The minimum atomic E-state index is -0.0890. The van der Waals surface area contributed by atoms with Crippen molar-refractivity contribution < 1.29 is 4.79 Å². The fourth-order valence-corrected chi connectivity index (χ4v) is 1.42. The molecule has 17 heavy (non-hydrogen) atoms. The van der Waals surface area contributed by atoms with Gasteiger partial charge >= 0.3 is 0 Å². The molecule has 0 aromatic carbocycles. The van der Waals surface area contributed by atoms with Gasteiger partial charge in [-0.3, -0.25) is 14.9 Å². The van der Waals surface area contributed by atoms with Gasteiger partial charge in [0.1, 0.15) is 12.2 Å². The van der Waals surface area contributed by atoms with Crippen molar-refractivity contribution in [2.45, 2.75) is 13.5 Å². The van der Waals surface area contributed by atoms with Crippen molar-refractivity contribution in [3.05, 3.63) is 41.7 Å². The average molecular weight is 231 g/mol. The van der Waals surface area contributed by atoms with E-state index in [0.29, 0.717) is 17.9 Å². The molecule has 2 heterocycles. The molecule has 0 bridgehead atoms. The van der Waals surface area contributed by atoms with Gasteiger partial charge < -0.3 is 4.90 Å². The first-order chi connectivity index (χ1) is 8.16. The van der Waals surface area contributed by atoms with Crippen molar-refractivity contribution in [1.29, 1.82) is 0 Å². The third-order valence-corrected chi connectivity index (χ3v) is 2.36. The van der Waals surface area contributed by atoms with Crippen molar-refractivity contribution in [2.75, 3.05) is 7.05 Å². The second-order valence-corrected chi connectivity index (χ2v) is 3.78. The molecule has 0 atom stereocenters. The van der Waals surface area contributed by atoms with E-state index in [0.717, 1.165) is 5.69 Å². The highest BCUT2D eigenvalue weighted by atomic mass is 16.2. The SMILES string of the molecule is Cc1ccc(C(=O)N(C)Cc2ncn[nH]2)cn1. The van der Waals surface area contributed by atoms with Gasteiger partial charge in [-0.15, -0.1) is 0 Å². The molecule has 0 radical (unpaired) electrons. The molecule has 2 aromatic heterocycles. The lowest BCUT2D eigenvalue weighted by molar-refractivity contribution is 0.0781. The summed E-state index contributed by atoms with van der Waals surface area (Å²) < 4.78 is 0. The molecular weight excluding hydrogens is 218 g/mol. The van der Waals surface area contributed by atoms with E-state index in [1.54, 1.807) is 24.2 Å². The number of aromatic amines is 1. The maximum atomic E-state index is 12.0. The van der Waals surface area contributed by atoms with Gasteiger partial charge in [0.05, 0.1) is 12.1 Å². The maximum Gasteiger partial charge on any atom is 0.255 e. The van der Waals surface area contributed by atoms with Gasteiger partial charge in [0, 0.05) is 18.9 Å². The van der Waals surface area contributed by atoms with Crippen LogP contribution in [-0.4, -0.2) is 38.0 Å². The number of nitrogens with one attached hydrogen (secondary N) is 1. The van der Waals surface area contributed by atoms with E-state index in [2.05, 4.69) is 20.2 Å². The van der Waals surface area contributed by atoms with E-state index in [1.165, 1.54) is 6.33 Å². The zero-order chi connectivity index (χ0) is 12.3. The normalized spacial score (nSPS) is 10.2. The molecule has 2 rings (SSSR count). The van der Waals surface area contributed by atoms with Crippen LogP contribution in [0.25, 0.3) is 0 Å². The van der Waals surface area contributed by atoms with Crippen LogP contribution in [0.2, 0.25) is 0 Å². The third kappa shape index (κ3) is 2.66. The molecule has 0 fully saturated rings. The minimum absolute atomic E-state index is 0.0890. The topological polar surface area (TPSA) is 74.8 Å². The molecule has 0 saturated heterocycles. The van der Waals surface area contributed by atoms with Gasteiger partial charge in [0.25, 0.3) is 5.91 Å². The standard InChI is InChI=1S/C11H13N5O/c1-8-3-4-9(5-12-8)11(17)16(2)6-10-13-7-14-15-10/h3-5,7H,6H2,1-2H3,(H,13,14,15). The number of amides is 1. The van der Waals surface area contributed by atoms with Gasteiger partial charge in [0.15, 0.2) is 0 Å². The third-order valence-electron chi connectivity index (χ3n) is 2.36. The van der Waals surface area contributed by atoms with Crippen LogP contribution < -0.4 is 0 Å². The Bertz CT molecular complexity index is 491. The molecule has 0 spiro atoms. The predicted octanol–water partition coefficient (Wildman–Crippen LogP) is 0.780. The summed E-state index contributed by atoms with van der Waals surface area (Å²) in [6, 6.07) is 3.58. The van der Waals surface area contributed by atoms with Crippen LogP contribution in [-0.2, 0) is 6.54 Å². The highest BCUT2D eigenvalue weighted by Crippen LogP contribution is 2.05. The predicted molar refractivity (Wildman–Crippen MR) is 61.2 cm³/mol. The Labute approximate surface area is 98.7 Å². The Morgan fingerprint density at radius 3 is 2.82 bits per heavy atom. The number of hydrogen-bond acceptors (Lipinski definition) is 4. The summed E-state index contributed by atoms with van der Waals surface area (Å²) in [5, 5.41) is 6.45. The molecule has 6 heteroatoms.